The maximum atomic E-state index is 12.6. The van der Waals surface area contributed by atoms with Crippen LogP contribution in [0.5, 0.6) is 0 Å². The summed E-state index contributed by atoms with van der Waals surface area (Å²) < 4.78 is 1.83. The summed E-state index contributed by atoms with van der Waals surface area (Å²) in [5.41, 5.74) is 2.39. The lowest BCUT2D eigenvalue weighted by Crippen LogP contribution is -2.18. The Hall–Kier alpha value is -2.55. The second-order valence-corrected chi connectivity index (χ2v) is 8.69. The van der Waals surface area contributed by atoms with Crippen LogP contribution >= 0.6 is 35.0 Å². The maximum absolute atomic E-state index is 12.6. The lowest BCUT2D eigenvalue weighted by Gasteiger charge is -2.10. The average Bonchev–Trinajstić information content (AvgIpc) is 3.13. The molecular formula is C22H23Cl2N5O2S. The number of aromatic nitrogens is 3. The molecule has 3 rings (SSSR count). The van der Waals surface area contributed by atoms with E-state index in [9.17, 15) is 9.59 Å². The van der Waals surface area contributed by atoms with Gasteiger partial charge in [-0.05, 0) is 43.2 Å². The van der Waals surface area contributed by atoms with Gasteiger partial charge in [-0.1, -0.05) is 60.1 Å². The van der Waals surface area contributed by atoms with Crippen LogP contribution in [0, 0.1) is 0 Å². The maximum Gasteiger partial charge on any atom is 0.234 e. The number of para-hydroxylation sites is 1. The van der Waals surface area contributed by atoms with Crippen LogP contribution in [0.2, 0.25) is 10.0 Å². The SMILES string of the molecule is CCc1ccccc1NC(=O)Cc1nnc(SCC(=O)Nc2cc(Cl)cc(Cl)c2)n1CC. The van der Waals surface area contributed by atoms with Gasteiger partial charge in [0.05, 0.1) is 12.2 Å². The highest BCUT2D eigenvalue weighted by atomic mass is 35.5. The third-order valence-corrected chi connectivity index (χ3v) is 5.98. The molecule has 0 radical (unpaired) electrons. The lowest BCUT2D eigenvalue weighted by atomic mass is 10.1. The Kier molecular flexibility index (Phi) is 8.55. The van der Waals surface area contributed by atoms with Gasteiger partial charge in [-0.2, -0.15) is 0 Å². The Labute approximate surface area is 200 Å². The molecule has 3 aromatic rings. The van der Waals surface area contributed by atoms with Crippen LogP contribution < -0.4 is 10.6 Å². The monoisotopic (exact) mass is 491 g/mol. The summed E-state index contributed by atoms with van der Waals surface area (Å²) in [4.78, 5) is 24.9. The fourth-order valence-electron chi connectivity index (χ4n) is 3.12. The van der Waals surface area contributed by atoms with Gasteiger partial charge in [0.25, 0.3) is 0 Å². The molecule has 10 heteroatoms. The van der Waals surface area contributed by atoms with Crippen molar-refractivity contribution >= 4 is 58.2 Å². The van der Waals surface area contributed by atoms with Crippen molar-refractivity contribution in [1.82, 2.24) is 14.8 Å². The second kappa shape index (κ2) is 11.4. The fraction of sp³-hybridized carbons (Fsp3) is 0.273. The number of aryl methyl sites for hydroxylation is 1. The Morgan fingerprint density at radius 1 is 1.00 bits per heavy atom. The molecule has 1 aromatic heterocycles. The predicted molar refractivity (Wildman–Crippen MR) is 130 cm³/mol. The summed E-state index contributed by atoms with van der Waals surface area (Å²) >= 11 is 13.2. The molecule has 0 bridgehead atoms. The smallest absolute Gasteiger partial charge is 0.234 e. The average molecular weight is 492 g/mol. The molecule has 7 nitrogen and oxygen atoms in total. The number of hydrogen-bond donors (Lipinski definition) is 2. The van der Waals surface area contributed by atoms with Gasteiger partial charge in [0, 0.05) is 28.0 Å². The molecule has 0 fully saturated rings. The van der Waals surface area contributed by atoms with E-state index in [4.69, 9.17) is 23.2 Å². The van der Waals surface area contributed by atoms with Crippen molar-refractivity contribution in [3.63, 3.8) is 0 Å². The molecule has 0 aliphatic carbocycles. The molecule has 32 heavy (non-hydrogen) atoms. The van der Waals surface area contributed by atoms with Crippen molar-refractivity contribution < 1.29 is 9.59 Å². The van der Waals surface area contributed by atoms with Crippen LogP contribution in [0.3, 0.4) is 0 Å². The first kappa shape index (κ1) is 24.1. The normalized spacial score (nSPS) is 10.8. The first-order chi connectivity index (χ1) is 15.4. The van der Waals surface area contributed by atoms with E-state index in [0.717, 1.165) is 17.7 Å². The summed E-state index contributed by atoms with van der Waals surface area (Å²) in [6.45, 7) is 4.56. The number of rotatable bonds is 9. The molecule has 0 aliphatic rings. The zero-order valence-electron chi connectivity index (χ0n) is 17.7. The Morgan fingerprint density at radius 3 is 2.41 bits per heavy atom. The zero-order chi connectivity index (χ0) is 23.1. The number of carbonyl (C=O) groups excluding carboxylic acids is 2. The molecule has 1 heterocycles. The van der Waals surface area contributed by atoms with E-state index in [2.05, 4.69) is 20.8 Å². The molecule has 0 saturated carbocycles. The molecule has 2 amide bonds. The minimum absolute atomic E-state index is 0.0899. The van der Waals surface area contributed by atoms with Gasteiger partial charge >= 0.3 is 0 Å². The van der Waals surface area contributed by atoms with Crippen molar-refractivity contribution in [3.05, 3.63) is 63.9 Å². The highest BCUT2D eigenvalue weighted by Crippen LogP contribution is 2.23. The van der Waals surface area contributed by atoms with E-state index < -0.39 is 0 Å². The van der Waals surface area contributed by atoms with Crippen LogP contribution in [0.25, 0.3) is 0 Å². The van der Waals surface area contributed by atoms with Gasteiger partial charge in [-0.15, -0.1) is 10.2 Å². The van der Waals surface area contributed by atoms with Crippen LogP contribution in [-0.2, 0) is 29.0 Å². The van der Waals surface area contributed by atoms with E-state index in [-0.39, 0.29) is 24.0 Å². The van der Waals surface area contributed by atoms with Crippen LogP contribution in [0.4, 0.5) is 11.4 Å². The number of hydrogen-bond acceptors (Lipinski definition) is 5. The largest absolute Gasteiger partial charge is 0.325 e. The van der Waals surface area contributed by atoms with Gasteiger partial charge in [0.2, 0.25) is 11.8 Å². The summed E-state index contributed by atoms with van der Waals surface area (Å²) in [6.07, 6.45) is 0.915. The van der Waals surface area contributed by atoms with Crippen LogP contribution in [0.15, 0.2) is 47.6 Å². The standard InChI is InChI=1S/C22H23Cl2N5O2S/c1-3-14-7-5-6-8-18(14)26-20(30)12-19-27-28-22(29(19)4-2)32-13-21(31)25-17-10-15(23)9-16(24)11-17/h5-11H,3-4,12-13H2,1-2H3,(H,25,31)(H,26,30). The van der Waals surface area contributed by atoms with E-state index in [1.165, 1.54) is 11.8 Å². The van der Waals surface area contributed by atoms with Crippen molar-refractivity contribution in [1.29, 1.82) is 0 Å². The van der Waals surface area contributed by atoms with E-state index in [0.29, 0.717) is 33.3 Å². The number of nitrogens with zero attached hydrogens (tertiary/aromatic N) is 3. The van der Waals surface area contributed by atoms with Gasteiger partial charge in [0.15, 0.2) is 5.16 Å². The quantitative estimate of drug-likeness (QED) is 0.407. The van der Waals surface area contributed by atoms with Gasteiger partial charge in [-0.25, -0.2) is 0 Å². The summed E-state index contributed by atoms with van der Waals surface area (Å²) in [6, 6.07) is 12.5. The van der Waals surface area contributed by atoms with Gasteiger partial charge in [0.1, 0.15) is 5.82 Å². The zero-order valence-corrected chi connectivity index (χ0v) is 20.0. The van der Waals surface area contributed by atoms with Crippen LogP contribution in [0.1, 0.15) is 25.2 Å². The topological polar surface area (TPSA) is 88.9 Å². The second-order valence-electron chi connectivity index (χ2n) is 6.87. The summed E-state index contributed by atoms with van der Waals surface area (Å²) in [7, 11) is 0. The number of nitrogens with one attached hydrogen (secondary N) is 2. The van der Waals surface area contributed by atoms with E-state index >= 15 is 0 Å². The van der Waals surface area contributed by atoms with Crippen molar-refractivity contribution in [3.8, 4) is 0 Å². The van der Waals surface area contributed by atoms with Crippen molar-refractivity contribution in [2.24, 2.45) is 0 Å². The molecule has 0 unspecified atom stereocenters. The lowest BCUT2D eigenvalue weighted by molar-refractivity contribution is -0.116. The highest BCUT2D eigenvalue weighted by molar-refractivity contribution is 7.99. The molecule has 0 saturated heterocycles. The minimum atomic E-state index is -0.227. The number of anilines is 2. The number of amides is 2. The third kappa shape index (κ3) is 6.48. The first-order valence-corrected chi connectivity index (χ1v) is 11.8. The number of benzene rings is 2. The van der Waals surface area contributed by atoms with E-state index in [1.54, 1.807) is 18.2 Å². The number of halogens is 2. The Morgan fingerprint density at radius 2 is 1.72 bits per heavy atom. The number of thioether (sulfide) groups is 1. The summed E-state index contributed by atoms with van der Waals surface area (Å²) in [5, 5.41) is 15.5. The first-order valence-electron chi connectivity index (χ1n) is 10.1. The molecule has 0 spiro atoms. The van der Waals surface area contributed by atoms with E-state index in [1.807, 2.05) is 42.7 Å². The molecule has 2 aromatic carbocycles. The molecule has 0 aliphatic heterocycles. The highest BCUT2D eigenvalue weighted by Gasteiger charge is 2.17. The van der Waals surface area contributed by atoms with Crippen molar-refractivity contribution in [2.75, 3.05) is 16.4 Å². The molecular weight excluding hydrogens is 469 g/mol. The fourth-order valence-corrected chi connectivity index (χ4v) is 4.46. The molecule has 0 atom stereocenters. The van der Waals surface area contributed by atoms with Gasteiger partial charge < -0.3 is 15.2 Å². The van der Waals surface area contributed by atoms with Gasteiger partial charge in [-0.3, -0.25) is 9.59 Å². The predicted octanol–water partition coefficient (Wildman–Crippen LogP) is 5.08. The summed E-state index contributed by atoms with van der Waals surface area (Å²) in [5.74, 6) is 0.274. The minimum Gasteiger partial charge on any atom is -0.325 e. The van der Waals surface area contributed by atoms with Crippen molar-refractivity contribution in [2.45, 2.75) is 38.4 Å². The number of carbonyl (C=O) groups is 2. The Bertz CT molecular complexity index is 1100. The Balaban J connectivity index is 1.60. The van der Waals surface area contributed by atoms with Crippen LogP contribution in [-0.4, -0.2) is 32.3 Å². The molecule has 168 valence electrons. The third-order valence-electron chi connectivity index (χ3n) is 4.58. The molecule has 2 N–H and O–H groups in total.